The average Bonchev–Trinajstić information content (AvgIpc) is 2.97. The summed E-state index contributed by atoms with van der Waals surface area (Å²) in [5.74, 6) is 1.21. The van der Waals surface area contributed by atoms with Crippen molar-refractivity contribution in [3.05, 3.63) is 103 Å². The molecule has 0 aliphatic rings. The molecule has 0 bridgehead atoms. The van der Waals surface area contributed by atoms with Crippen LogP contribution in [0.3, 0.4) is 0 Å². The third-order valence-electron chi connectivity index (χ3n) is 6.76. The highest BCUT2D eigenvalue weighted by molar-refractivity contribution is 6.15. The topological polar surface area (TPSA) is 99.1 Å². The molecule has 0 radical (unpaired) electrons. The van der Waals surface area contributed by atoms with Gasteiger partial charge in [-0.2, -0.15) is 0 Å². The van der Waals surface area contributed by atoms with E-state index in [2.05, 4.69) is 0 Å². The Labute approximate surface area is 223 Å². The highest BCUT2D eigenvalue weighted by Crippen LogP contribution is 2.46. The van der Waals surface area contributed by atoms with Crippen LogP contribution in [0.4, 0.5) is 0 Å². The van der Waals surface area contributed by atoms with E-state index >= 15 is 0 Å². The molecule has 0 unspecified atom stereocenters. The van der Waals surface area contributed by atoms with Crippen molar-refractivity contribution in [1.82, 2.24) is 0 Å². The highest BCUT2D eigenvalue weighted by Gasteiger charge is 2.20. The summed E-state index contributed by atoms with van der Waals surface area (Å²) < 4.78 is 16.1. The summed E-state index contributed by atoms with van der Waals surface area (Å²) in [6.07, 6.45) is 5.37. The molecule has 6 rings (SSSR count). The molecule has 6 heteroatoms. The first-order valence-electron chi connectivity index (χ1n) is 12.0. The zero-order valence-electron chi connectivity index (χ0n) is 20.4. The van der Waals surface area contributed by atoms with Gasteiger partial charge in [0, 0.05) is 10.9 Å². The fourth-order valence-corrected chi connectivity index (χ4v) is 5.23. The molecule has 0 spiro atoms. The third-order valence-corrected chi connectivity index (χ3v) is 6.76. The lowest BCUT2D eigenvalue weighted by molar-refractivity contribution is 0.508. The average molecular weight is 504 g/mol. The number of nitrogens with zero attached hydrogens (tertiary/aromatic N) is 3. The van der Waals surface area contributed by atoms with Crippen LogP contribution in [0.25, 0.3) is 54.6 Å². The molecule has 0 N–H and O–H groups in total. The Bertz CT molecular complexity index is 2050. The number of hydrogen-bond acceptors (Lipinski definition) is 6. The highest BCUT2D eigenvalue weighted by atomic mass is 16.5. The first-order chi connectivity index (χ1) is 19.2. The summed E-state index contributed by atoms with van der Waals surface area (Å²) in [5.41, 5.74) is 3.18. The minimum Gasteiger partial charge on any atom is -0.388 e. The van der Waals surface area contributed by atoms with Crippen LogP contribution in [-0.2, 0) is 0 Å². The van der Waals surface area contributed by atoms with Gasteiger partial charge in [0.2, 0.25) is 0 Å². The molecular weight excluding hydrogens is 486 g/mol. The molecular formula is C33H17N3O3. The second-order valence-electron chi connectivity index (χ2n) is 8.77. The lowest BCUT2D eigenvalue weighted by atomic mass is 9.88. The normalized spacial score (nSPS) is 10.5. The van der Waals surface area contributed by atoms with Crippen LogP contribution in [0.1, 0.15) is 0 Å². The number of nitriles is 3. The molecule has 6 aromatic rings. The molecule has 0 saturated heterocycles. The SMILES string of the molecule is N#COc1cc(-c2ccc(-c3c(OC#N)ccc4ccccc34)c3cccc(OC#N)c23)c2ccccc2c1. The Morgan fingerprint density at radius 1 is 0.462 bits per heavy atom. The minimum atomic E-state index is 0.380. The first kappa shape index (κ1) is 23.4. The first-order valence-corrected chi connectivity index (χ1v) is 12.0. The Balaban J connectivity index is 1.75. The van der Waals surface area contributed by atoms with E-state index in [-0.39, 0.29) is 0 Å². The van der Waals surface area contributed by atoms with Crippen LogP contribution >= 0.6 is 0 Å². The number of fused-ring (bicyclic) bond motifs is 3. The van der Waals surface area contributed by atoms with E-state index in [1.807, 2.05) is 97.3 Å². The summed E-state index contributed by atoms with van der Waals surface area (Å²) in [5, 5.41) is 33.3. The zero-order chi connectivity index (χ0) is 26.8. The van der Waals surface area contributed by atoms with Gasteiger partial charge >= 0.3 is 0 Å². The maximum Gasteiger partial charge on any atom is 0.292 e. The molecule has 0 amide bonds. The monoisotopic (exact) mass is 503 g/mol. The Kier molecular flexibility index (Phi) is 5.87. The minimum absolute atomic E-state index is 0.380. The van der Waals surface area contributed by atoms with Gasteiger partial charge in [0.1, 0.15) is 5.75 Å². The fraction of sp³-hybridized carbons (Fsp3) is 0. The van der Waals surface area contributed by atoms with E-state index in [1.54, 1.807) is 24.6 Å². The van der Waals surface area contributed by atoms with E-state index in [9.17, 15) is 15.8 Å². The lowest BCUT2D eigenvalue weighted by Gasteiger charge is -2.18. The standard InChI is InChI=1S/C33H17N3O3/c34-18-37-23-16-22-7-2-3-8-24(22)29(17-23)28-14-13-27(26-10-5-11-30(33(26)28)38-19-35)32-25-9-4-1-6-21(25)12-15-31(32)39-20-36/h1-17H. The molecule has 0 aliphatic heterocycles. The van der Waals surface area contributed by atoms with Crippen LogP contribution in [0.5, 0.6) is 17.2 Å². The molecule has 0 saturated carbocycles. The van der Waals surface area contributed by atoms with E-state index in [0.717, 1.165) is 49.2 Å². The second-order valence-corrected chi connectivity index (χ2v) is 8.77. The van der Waals surface area contributed by atoms with Crippen molar-refractivity contribution in [1.29, 1.82) is 15.8 Å². The van der Waals surface area contributed by atoms with Crippen LogP contribution in [0.15, 0.2) is 103 Å². The van der Waals surface area contributed by atoms with Gasteiger partial charge in [0.15, 0.2) is 11.5 Å². The lowest BCUT2D eigenvalue weighted by Crippen LogP contribution is -1.94. The second kappa shape index (κ2) is 9.79. The van der Waals surface area contributed by atoms with E-state index in [4.69, 9.17) is 14.2 Å². The van der Waals surface area contributed by atoms with E-state index in [0.29, 0.717) is 22.6 Å². The maximum absolute atomic E-state index is 9.48. The van der Waals surface area contributed by atoms with Gasteiger partial charge in [-0.3, -0.25) is 0 Å². The predicted octanol–water partition coefficient (Wildman–Crippen LogP) is 8.06. The molecule has 0 heterocycles. The van der Waals surface area contributed by atoms with Gasteiger partial charge in [0.05, 0.1) is 0 Å². The fourth-order valence-electron chi connectivity index (χ4n) is 5.23. The molecule has 0 aliphatic carbocycles. The van der Waals surface area contributed by atoms with Gasteiger partial charge in [0.25, 0.3) is 18.8 Å². The van der Waals surface area contributed by atoms with Crippen LogP contribution < -0.4 is 14.2 Å². The van der Waals surface area contributed by atoms with Gasteiger partial charge in [-0.05, 0) is 67.9 Å². The number of hydrogen-bond donors (Lipinski definition) is 0. The molecule has 6 aromatic carbocycles. The summed E-state index contributed by atoms with van der Waals surface area (Å²) in [6, 6.07) is 32.5. The van der Waals surface area contributed by atoms with Gasteiger partial charge in [-0.15, -0.1) is 15.8 Å². The van der Waals surface area contributed by atoms with Crippen molar-refractivity contribution in [3.63, 3.8) is 0 Å². The third kappa shape index (κ3) is 3.98. The summed E-state index contributed by atoms with van der Waals surface area (Å²) in [7, 11) is 0. The number of ether oxygens (including phenoxy) is 3. The van der Waals surface area contributed by atoms with Gasteiger partial charge < -0.3 is 14.2 Å². The Hall–Kier alpha value is -6.03. The largest absolute Gasteiger partial charge is 0.388 e. The van der Waals surface area contributed by atoms with Crippen molar-refractivity contribution in [2.24, 2.45) is 0 Å². The number of benzene rings is 6. The zero-order valence-corrected chi connectivity index (χ0v) is 20.4. The quantitative estimate of drug-likeness (QED) is 0.221. The maximum atomic E-state index is 9.48. The van der Waals surface area contributed by atoms with Crippen molar-refractivity contribution in [2.75, 3.05) is 0 Å². The molecule has 0 fully saturated rings. The summed E-state index contributed by atoms with van der Waals surface area (Å²) in [6.45, 7) is 0. The molecule has 6 nitrogen and oxygen atoms in total. The van der Waals surface area contributed by atoms with Crippen molar-refractivity contribution in [3.8, 4) is 58.3 Å². The van der Waals surface area contributed by atoms with Crippen molar-refractivity contribution < 1.29 is 14.2 Å². The molecule has 0 aromatic heterocycles. The van der Waals surface area contributed by atoms with Crippen LogP contribution in [0.2, 0.25) is 0 Å². The molecule has 39 heavy (non-hydrogen) atoms. The van der Waals surface area contributed by atoms with Crippen LogP contribution in [-0.4, -0.2) is 0 Å². The van der Waals surface area contributed by atoms with Crippen molar-refractivity contribution >= 4 is 32.3 Å². The van der Waals surface area contributed by atoms with Gasteiger partial charge in [-0.1, -0.05) is 78.9 Å². The Morgan fingerprint density at radius 2 is 1.13 bits per heavy atom. The smallest absolute Gasteiger partial charge is 0.292 e. The van der Waals surface area contributed by atoms with E-state index < -0.39 is 0 Å². The van der Waals surface area contributed by atoms with Crippen LogP contribution in [0, 0.1) is 34.6 Å². The van der Waals surface area contributed by atoms with E-state index in [1.165, 1.54) is 0 Å². The number of rotatable bonds is 5. The Morgan fingerprint density at radius 3 is 1.92 bits per heavy atom. The van der Waals surface area contributed by atoms with Gasteiger partial charge in [-0.25, -0.2) is 0 Å². The molecule has 182 valence electrons. The predicted molar refractivity (Wildman–Crippen MR) is 149 cm³/mol. The molecule has 0 atom stereocenters. The summed E-state index contributed by atoms with van der Waals surface area (Å²) >= 11 is 0. The summed E-state index contributed by atoms with van der Waals surface area (Å²) in [4.78, 5) is 0. The van der Waals surface area contributed by atoms with Crippen molar-refractivity contribution in [2.45, 2.75) is 0 Å².